The van der Waals surface area contributed by atoms with Gasteiger partial charge in [0.15, 0.2) is 5.16 Å². The normalized spacial score (nSPS) is 18.8. The zero-order chi connectivity index (χ0) is 11.7. The van der Waals surface area contributed by atoms with Crippen molar-refractivity contribution in [2.75, 3.05) is 0 Å². The van der Waals surface area contributed by atoms with Crippen molar-refractivity contribution in [2.45, 2.75) is 10.4 Å². The molecule has 1 aromatic carbocycles. The highest BCUT2D eigenvalue weighted by molar-refractivity contribution is 8.01. The Morgan fingerprint density at radius 1 is 1.29 bits per heavy atom. The third-order valence-corrected chi connectivity index (χ3v) is 3.59. The smallest absolute Gasteiger partial charge is 0.251 e. The zero-order valence-electron chi connectivity index (χ0n) is 8.85. The first-order chi connectivity index (χ1) is 8.34. The standard InChI is InChI=1S/C12H9N3OS/c16-11-10(17-12-14-13-8-15(11)12)7-6-9-4-2-1-3-5-9/h1-8,10H/b7-6-. The van der Waals surface area contributed by atoms with Gasteiger partial charge in [-0.1, -0.05) is 54.2 Å². The van der Waals surface area contributed by atoms with Crippen LogP contribution in [0.1, 0.15) is 10.4 Å². The lowest BCUT2D eigenvalue weighted by Crippen LogP contribution is -2.14. The van der Waals surface area contributed by atoms with Crippen LogP contribution in [0.3, 0.4) is 0 Å². The van der Waals surface area contributed by atoms with Crippen LogP contribution in [-0.4, -0.2) is 25.9 Å². The molecule has 3 rings (SSSR count). The van der Waals surface area contributed by atoms with E-state index in [-0.39, 0.29) is 11.2 Å². The number of hydrogen-bond acceptors (Lipinski definition) is 4. The van der Waals surface area contributed by atoms with E-state index in [2.05, 4.69) is 10.2 Å². The fourth-order valence-electron chi connectivity index (χ4n) is 1.64. The topological polar surface area (TPSA) is 47.8 Å². The number of hydrogen-bond donors (Lipinski definition) is 0. The first-order valence-electron chi connectivity index (χ1n) is 5.19. The van der Waals surface area contributed by atoms with Gasteiger partial charge in [-0.15, -0.1) is 10.2 Å². The highest BCUT2D eigenvalue weighted by Gasteiger charge is 2.30. The Morgan fingerprint density at radius 2 is 2.12 bits per heavy atom. The van der Waals surface area contributed by atoms with Gasteiger partial charge in [-0.3, -0.25) is 4.79 Å². The van der Waals surface area contributed by atoms with Crippen LogP contribution in [0.5, 0.6) is 0 Å². The van der Waals surface area contributed by atoms with Crippen molar-refractivity contribution >= 4 is 23.7 Å². The number of benzene rings is 1. The van der Waals surface area contributed by atoms with Crippen LogP contribution in [0.4, 0.5) is 0 Å². The molecule has 5 heteroatoms. The average Bonchev–Trinajstić information content (AvgIpc) is 2.92. The summed E-state index contributed by atoms with van der Waals surface area (Å²) < 4.78 is 1.49. The van der Waals surface area contributed by atoms with E-state index >= 15 is 0 Å². The van der Waals surface area contributed by atoms with Gasteiger partial charge in [0.2, 0.25) is 0 Å². The van der Waals surface area contributed by atoms with E-state index in [0.29, 0.717) is 5.16 Å². The van der Waals surface area contributed by atoms with Gasteiger partial charge in [0.1, 0.15) is 11.6 Å². The monoisotopic (exact) mass is 243 g/mol. The molecule has 0 bridgehead atoms. The minimum Gasteiger partial charge on any atom is -0.272 e. The molecule has 0 spiro atoms. The minimum absolute atomic E-state index is 0.0159. The van der Waals surface area contributed by atoms with Crippen molar-refractivity contribution in [2.24, 2.45) is 0 Å². The lowest BCUT2D eigenvalue weighted by Gasteiger charge is -1.98. The Balaban J connectivity index is 1.79. The molecule has 0 fully saturated rings. The maximum atomic E-state index is 11.9. The average molecular weight is 243 g/mol. The zero-order valence-corrected chi connectivity index (χ0v) is 9.67. The van der Waals surface area contributed by atoms with Gasteiger partial charge < -0.3 is 0 Å². The summed E-state index contributed by atoms with van der Waals surface area (Å²) >= 11 is 1.42. The summed E-state index contributed by atoms with van der Waals surface area (Å²) in [7, 11) is 0. The Bertz CT molecular complexity index is 576. The van der Waals surface area contributed by atoms with Crippen molar-refractivity contribution in [3.63, 3.8) is 0 Å². The number of thioether (sulfide) groups is 1. The second-order valence-electron chi connectivity index (χ2n) is 3.63. The van der Waals surface area contributed by atoms with Gasteiger partial charge >= 0.3 is 0 Å². The van der Waals surface area contributed by atoms with Crippen molar-refractivity contribution in [3.05, 3.63) is 48.3 Å². The number of carbonyl (C=O) groups excluding carboxylic acids is 1. The van der Waals surface area contributed by atoms with Crippen molar-refractivity contribution in [1.29, 1.82) is 0 Å². The van der Waals surface area contributed by atoms with Crippen molar-refractivity contribution in [3.8, 4) is 0 Å². The molecule has 2 aromatic rings. The second kappa shape index (κ2) is 4.18. The van der Waals surface area contributed by atoms with Gasteiger partial charge in [-0.2, -0.15) is 0 Å². The summed E-state index contributed by atoms with van der Waals surface area (Å²) in [5.74, 6) is 0.0159. The number of nitrogens with zero attached hydrogens (tertiary/aromatic N) is 3. The first-order valence-corrected chi connectivity index (χ1v) is 6.07. The molecule has 17 heavy (non-hydrogen) atoms. The maximum Gasteiger partial charge on any atom is 0.251 e. The second-order valence-corrected chi connectivity index (χ2v) is 4.74. The molecule has 1 unspecified atom stereocenters. The van der Waals surface area contributed by atoms with E-state index in [4.69, 9.17) is 0 Å². The molecule has 0 radical (unpaired) electrons. The van der Waals surface area contributed by atoms with Crippen LogP contribution in [-0.2, 0) is 0 Å². The predicted octanol–water partition coefficient (Wildman–Crippen LogP) is 2.11. The molecule has 84 valence electrons. The predicted molar refractivity (Wildman–Crippen MR) is 65.8 cm³/mol. The van der Waals surface area contributed by atoms with E-state index in [0.717, 1.165) is 5.56 Å². The van der Waals surface area contributed by atoms with Gasteiger partial charge in [0.05, 0.1) is 0 Å². The summed E-state index contributed by atoms with van der Waals surface area (Å²) in [4.78, 5) is 11.9. The number of aromatic nitrogens is 3. The van der Waals surface area contributed by atoms with Crippen LogP contribution in [0.25, 0.3) is 6.08 Å². The summed E-state index contributed by atoms with van der Waals surface area (Å²) in [6.07, 6.45) is 5.31. The summed E-state index contributed by atoms with van der Waals surface area (Å²) in [5, 5.41) is 8.04. The molecule has 0 aliphatic carbocycles. The summed E-state index contributed by atoms with van der Waals surface area (Å²) in [5.41, 5.74) is 1.09. The lowest BCUT2D eigenvalue weighted by atomic mass is 10.2. The fourth-order valence-corrected chi connectivity index (χ4v) is 2.58. The van der Waals surface area contributed by atoms with Gasteiger partial charge in [-0.05, 0) is 5.56 Å². The van der Waals surface area contributed by atoms with E-state index < -0.39 is 0 Å². The van der Waals surface area contributed by atoms with Crippen LogP contribution < -0.4 is 0 Å². The van der Waals surface area contributed by atoms with Crippen LogP contribution in [0.2, 0.25) is 0 Å². The molecular formula is C12H9N3OS. The molecular weight excluding hydrogens is 234 g/mol. The largest absolute Gasteiger partial charge is 0.272 e. The molecule has 1 aliphatic rings. The number of carbonyl (C=O) groups is 1. The molecule has 0 N–H and O–H groups in total. The number of rotatable bonds is 2. The third kappa shape index (κ3) is 1.89. The Hall–Kier alpha value is -1.88. The van der Waals surface area contributed by atoms with Gasteiger partial charge in [0.25, 0.3) is 5.91 Å². The van der Waals surface area contributed by atoms with Crippen LogP contribution >= 0.6 is 11.8 Å². The molecule has 0 saturated heterocycles. The summed E-state index contributed by atoms with van der Waals surface area (Å²) in [6.45, 7) is 0. The van der Waals surface area contributed by atoms with E-state index in [1.165, 1.54) is 22.7 Å². The number of fused-ring (bicyclic) bond motifs is 1. The van der Waals surface area contributed by atoms with Gasteiger partial charge in [-0.25, -0.2) is 4.57 Å². The molecule has 1 atom stereocenters. The van der Waals surface area contributed by atoms with E-state index in [1.807, 2.05) is 42.5 Å². The van der Waals surface area contributed by atoms with Crippen LogP contribution in [0, 0.1) is 0 Å². The highest BCUT2D eigenvalue weighted by Crippen LogP contribution is 2.30. The Morgan fingerprint density at radius 3 is 2.88 bits per heavy atom. The Labute approximate surface area is 102 Å². The van der Waals surface area contributed by atoms with Gasteiger partial charge in [0, 0.05) is 0 Å². The van der Waals surface area contributed by atoms with Crippen LogP contribution in [0.15, 0.2) is 47.9 Å². The molecule has 0 saturated carbocycles. The molecule has 0 amide bonds. The Kier molecular flexibility index (Phi) is 2.53. The van der Waals surface area contributed by atoms with Crippen molar-refractivity contribution < 1.29 is 4.79 Å². The molecule has 4 nitrogen and oxygen atoms in total. The lowest BCUT2D eigenvalue weighted by molar-refractivity contribution is 0.0921. The highest BCUT2D eigenvalue weighted by atomic mass is 32.2. The molecule has 1 aliphatic heterocycles. The SMILES string of the molecule is O=C1C(/C=C\c2ccccc2)Sc2nncn21. The maximum absolute atomic E-state index is 11.9. The fraction of sp³-hybridized carbons (Fsp3) is 0.0833. The third-order valence-electron chi connectivity index (χ3n) is 2.49. The van der Waals surface area contributed by atoms with E-state index in [1.54, 1.807) is 0 Å². The quantitative estimate of drug-likeness (QED) is 0.810. The van der Waals surface area contributed by atoms with Crippen molar-refractivity contribution in [1.82, 2.24) is 14.8 Å². The van der Waals surface area contributed by atoms with E-state index in [9.17, 15) is 4.79 Å². The first kappa shape index (κ1) is 10.3. The molecule has 2 heterocycles. The molecule has 1 aromatic heterocycles. The minimum atomic E-state index is -0.194. The summed E-state index contributed by atoms with van der Waals surface area (Å²) in [6, 6.07) is 9.91.